The van der Waals surface area contributed by atoms with Gasteiger partial charge in [0, 0.05) is 57.0 Å². The van der Waals surface area contributed by atoms with Crippen molar-refractivity contribution in [2.24, 2.45) is 0 Å². The summed E-state index contributed by atoms with van der Waals surface area (Å²) in [5.74, 6) is -4.80. The van der Waals surface area contributed by atoms with Crippen molar-refractivity contribution in [2.45, 2.75) is 12.8 Å². The third-order valence-corrected chi connectivity index (χ3v) is 6.46. The maximum atomic E-state index is 12.9. The number of aromatic nitrogens is 3. The van der Waals surface area contributed by atoms with E-state index in [0.29, 0.717) is 30.3 Å². The Hall–Kier alpha value is -4.96. The fourth-order valence-electron chi connectivity index (χ4n) is 3.53. The molecule has 1 aliphatic heterocycles. The van der Waals surface area contributed by atoms with E-state index in [1.165, 1.54) is 17.1 Å². The number of halogens is 1. The Morgan fingerprint density at radius 3 is 1.88 bits per heavy atom. The van der Waals surface area contributed by atoms with Crippen LogP contribution in [-0.2, 0) is 19.2 Å². The smallest absolute Gasteiger partial charge is 0.328 e. The minimum atomic E-state index is -1.26. The van der Waals surface area contributed by atoms with Gasteiger partial charge in [0.1, 0.15) is 0 Å². The minimum absolute atomic E-state index is 0.392. The molecule has 0 amide bonds. The van der Waals surface area contributed by atoms with Gasteiger partial charge in [-0.05, 0) is 31.5 Å². The van der Waals surface area contributed by atoms with Crippen LogP contribution in [0.3, 0.4) is 0 Å². The number of para-hydroxylation sites is 1. The first kappa shape index (κ1) is 34.2. The van der Waals surface area contributed by atoms with Crippen molar-refractivity contribution in [1.29, 1.82) is 0 Å². The normalized spacial score (nSPS) is 13.2. The number of piperazine rings is 1. The number of nitrogens with one attached hydrogen (secondary N) is 1. The van der Waals surface area contributed by atoms with Crippen LogP contribution in [0.1, 0.15) is 12.8 Å². The van der Waals surface area contributed by atoms with Crippen molar-refractivity contribution in [3.05, 3.63) is 66.8 Å². The molecule has 230 valence electrons. The SMILES string of the molecule is Fc1cnc(N2CCN(CCCCNc3nc4ccccc4s3)CC2)nc1.O=C(O)/C=C/C(=O)O.O=C(O)/C=C/C(=O)O. The maximum Gasteiger partial charge on any atom is 0.328 e. The van der Waals surface area contributed by atoms with Gasteiger partial charge in [0.05, 0.1) is 22.6 Å². The highest BCUT2D eigenvalue weighted by Crippen LogP contribution is 2.25. The zero-order chi connectivity index (χ0) is 31.6. The Labute approximate surface area is 249 Å². The van der Waals surface area contributed by atoms with E-state index in [9.17, 15) is 23.6 Å². The number of carboxylic acids is 4. The molecule has 2 aromatic heterocycles. The Balaban J connectivity index is 0.000000334. The molecule has 0 radical (unpaired) electrons. The highest BCUT2D eigenvalue weighted by atomic mass is 32.1. The molecule has 1 aromatic carbocycles. The van der Waals surface area contributed by atoms with Crippen LogP contribution in [-0.4, -0.2) is 103 Å². The molecule has 1 saturated heterocycles. The van der Waals surface area contributed by atoms with Gasteiger partial charge in [-0.25, -0.2) is 38.5 Å². The van der Waals surface area contributed by atoms with Gasteiger partial charge in [-0.2, -0.15) is 0 Å². The molecule has 16 heteroatoms. The van der Waals surface area contributed by atoms with E-state index in [1.54, 1.807) is 11.3 Å². The average molecular weight is 619 g/mol. The summed E-state index contributed by atoms with van der Waals surface area (Å²) in [6, 6.07) is 8.22. The Bertz CT molecular complexity index is 1310. The van der Waals surface area contributed by atoms with Crippen LogP contribution in [0.25, 0.3) is 10.2 Å². The molecule has 0 aliphatic carbocycles. The van der Waals surface area contributed by atoms with E-state index in [1.807, 2.05) is 18.2 Å². The van der Waals surface area contributed by atoms with E-state index in [-0.39, 0.29) is 0 Å². The van der Waals surface area contributed by atoms with Gasteiger partial charge in [0.25, 0.3) is 0 Å². The van der Waals surface area contributed by atoms with Crippen LogP contribution in [0, 0.1) is 5.82 Å². The van der Waals surface area contributed by atoms with Gasteiger partial charge in [0.15, 0.2) is 10.9 Å². The molecule has 0 saturated carbocycles. The standard InChI is InChI=1S/C19H23FN6S.2C4H4O4/c20-15-13-22-18(23-14-15)26-11-9-25(10-12-26)8-4-3-7-21-19-24-16-5-1-2-6-17(16)27-19;2*5-3(6)1-2-4(7)8/h1-2,5-6,13-14H,3-4,7-12H2,(H,21,24);2*1-2H,(H,5,6)(H,7,8)/b;2*2-1+. The second-order valence-electron chi connectivity index (χ2n) is 8.67. The average Bonchev–Trinajstić information content (AvgIpc) is 3.39. The summed E-state index contributed by atoms with van der Waals surface area (Å²) < 4.78 is 14.1. The number of hydrogen-bond donors (Lipinski definition) is 5. The summed E-state index contributed by atoms with van der Waals surface area (Å²) in [7, 11) is 0. The number of anilines is 2. The molecule has 0 spiro atoms. The van der Waals surface area contributed by atoms with Crippen LogP contribution >= 0.6 is 11.3 Å². The molecule has 43 heavy (non-hydrogen) atoms. The quantitative estimate of drug-likeness (QED) is 0.155. The first-order chi connectivity index (χ1) is 20.5. The molecular formula is C27H31FN6O8S. The molecule has 3 heterocycles. The Morgan fingerprint density at radius 1 is 0.837 bits per heavy atom. The van der Waals surface area contributed by atoms with Gasteiger partial charge in [-0.1, -0.05) is 23.5 Å². The molecule has 1 fully saturated rings. The molecule has 0 unspecified atom stereocenters. The zero-order valence-corrected chi connectivity index (χ0v) is 23.7. The Morgan fingerprint density at radius 2 is 1.37 bits per heavy atom. The van der Waals surface area contributed by atoms with Gasteiger partial charge in [-0.15, -0.1) is 0 Å². The molecule has 14 nitrogen and oxygen atoms in total. The topological polar surface area (TPSA) is 206 Å². The van der Waals surface area contributed by atoms with Crippen molar-refractivity contribution >= 4 is 56.5 Å². The van der Waals surface area contributed by atoms with E-state index >= 15 is 0 Å². The largest absolute Gasteiger partial charge is 0.478 e. The number of carbonyl (C=O) groups is 4. The van der Waals surface area contributed by atoms with Crippen LogP contribution in [0.4, 0.5) is 15.5 Å². The maximum absolute atomic E-state index is 12.9. The molecule has 3 aromatic rings. The summed E-state index contributed by atoms with van der Waals surface area (Å²) in [6.45, 7) is 5.80. The number of aliphatic carboxylic acids is 4. The number of thiazole rings is 1. The lowest BCUT2D eigenvalue weighted by Gasteiger charge is -2.34. The molecule has 4 rings (SSSR count). The summed E-state index contributed by atoms with van der Waals surface area (Å²) in [5.41, 5.74) is 1.06. The fraction of sp³-hybridized carbons (Fsp3) is 0.296. The fourth-order valence-corrected chi connectivity index (χ4v) is 4.42. The van der Waals surface area contributed by atoms with Crippen LogP contribution in [0.2, 0.25) is 0 Å². The van der Waals surface area contributed by atoms with Gasteiger partial charge < -0.3 is 30.6 Å². The number of benzene rings is 1. The highest BCUT2D eigenvalue weighted by molar-refractivity contribution is 7.22. The van der Waals surface area contributed by atoms with Crippen molar-refractivity contribution in [1.82, 2.24) is 19.9 Å². The summed E-state index contributed by atoms with van der Waals surface area (Å²) >= 11 is 1.71. The highest BCUT2D eigenvalue weighted by Gasteiger charge is 2.18. The van der Waals surface area contributed by atoms with Crippen molar-refractivity contribution < 1.29 is 44.0 Å². The van der Waals surface area contributed by atoms with Crippen LogP contribution in [0.5, 0.6) is 0 Å². The number of nitrogens with zero attached hydrogens (tertiary/aromatic N) is 5. The van der Waals surface area contributed by atoms with Gasteiger partial charge >= 0.3 is 23.9 Å². The van der Waals surface area contributed by atoms with E-state index < -0.39 is 29.7 Å². The number of hydrogen-bond acceptors (Lipinski definition) is 11. The minimum Gasteiger partial charge on any atom is -0.478 e. The lowest BCUT2D eigenvalue weighted by molar-refractivity contribution is -0.134. The monoisotopic (exact) mass is 618 g/mol. The molecule has 1 aliphatic rings. The third kappa shape index (κ3) is 14.5. The van der Waals surface area contributed by atoms with Crippen molar-refractivity contribution in [3.8, 4) is 0 Å². The third-order valence-electron chi connectivity index (χ3n) is 5.47. The number of fused-ring (bicyclic) bond motifs is 1. The predicted octanol–water partition coefficient (Wildman–Crippen LogP) is 2.66. The summed E-state index contributed by atoms with van der Waals surface area (Å²) in [6.07, 6.45) is 6.97. The second kappa shape index (κ2) is 18.5. The summed E-state index contributed by atoms with van der Waals surface area (Å²) in [4.78, 5) is 55.5. The molecule has 0 atom stereocenters. The van der Waals surface area contributed by atoms with Crippen molar-refractivity contribution in [3.63, 3.8) is 0 Å². The van der Waals surface area contributed by atoms with Crippen LogP contribution in [0.15, 0.2) is 61.0 Å². The molecule has 5 N–H and O–H groups in total. The first-order valence-electron chi connectivity index (χ1n) is 12.9. The van der Waals surface area contributed by atoms with Crippen molar-refractivity contribution in [2.75, 3.05) is 49.5 Å². The van der Waals surface area contributed by atoms with Gasteiger partial charge in [-0.3, -0.25) is 4.90 Å². The first-order valence-corrected chi connectivity index (χ1v) is 13.7. The molecule has 0 bridgehead atoms. The van der Waals surface area contributed by atoms with Gasteiger partial charge in [0.2, 0.25) is 5.95 Å². The van der Waals surface area contributed by atoms with E-state index in [2.05, 4.69) is 36.1 Å². The zero-order valence-electron chi connectivity index (χ0n) is 22.9. The van der Waals surface area contributed by atoms with E-state index in [0.717, 1.165) is 62.8 Å². The summed E-state index contributed by atoms with van der Waals surface area (Å²) in [5, 5.41) is 35.7. The lowest BCUT2D eigenvalue weighted by atomic mass is 10.2. The second-order valence-corrected chi connectivity index (χ2v) is 9.70. The Kier molecular flexibility index (Phi) is 14.7. The number of unbranched alkanes of at least 4 members (excludes halogenated alkanes) is 1. The predicted molar refractivity (Wildman–Crippen MR) is 157 cm³/mol. The van der Waals surface area contributed by atoms with Crippen LogP contribution < -0.4 is 10.2 Å². The van der Waals surface area contributed by atoms with E-state index in [4.69, 9.17) is 20.4 Å². The number of carboxylic acid groups (broad SMARTS) is 4. The lowest BCUT2D eigenvalue weighted by Crippen LogP contribution is -2.47. The molecular weight excluding hydrogens is 587 g/mol. The number of rotatable bonds is 11.